The fourth-order valence-corrected chi connectivity index (χ4v) is 4.73. The molecule has 2 aromatic heterocycles. The van der Waals surface area contributed by atoms with Gasteiger partial charge < -0.3 is 10.2 Å². The number of piperidine rings is 1. The number of hydrogen-bond acceptors (Lipinski definition) is 6. The summed E-state index contributed by atoms with van der Waals surface area (Å²) in [6.07, 6.45) is 4.51. The van der Waals surface area contributed by atoms with Crippen LogP contribution in [0, 0.1) is 0 Å². The molecule has 0 spiro atoms. The molecule has 1 aromatic carbocycles. The number of anilines is 1. The van der Waals surface area contributed by atoms with E-state index >= 15 is 0 Å². The lowest BCUT2D eigenvalue weighted by Crippen LogP contribution is -2.38. The van der Waals surface area contributed by atoms with Gasteiger partial charge in [-0.15, -0.1) is 0 Å². The third-order valence-electron chi connectivity index (χ3n) is 4.84. The second-order valence-corrected chi connectivity index (χ2v) is 8.45. The van der Waals surface area contributed by atoms with E-state index in [2.05, 4.69) is 9.97 Å². The van der Waals surface area contributed by atoms with Gasteiger partial charge in [-0.2, -0.15) is 4.31 Å². The first-order valence-corrected chi connectivity index (χ1v) is 10.2. The molecular formula is C19H20N4O3S. The molecule has 0 amide bonds. The minimum atomic E-state index is -3.64. The highest BCUT2D eigenvalue weighted by Crippen LogP contribution is 2.30. The predicted molar refractivity (Wildman–Crippen MR) is 101 cm³/mol. The maximum atomic E-state index is 13.0. The summed E-state index contributed by atoms with van der Waals surface area (Å²) < 4.78 is 32.9. The lowest BCUT2D eigenvalue weighted by Gasteiger charge is -2.29. The molecule has 7 nitrogen and oxygen atoms in total. The molecule has 27 heavy (non-hydrogen) atoms. The van der Waals surface area contributed by atoms with Crippen LogP contribution in [0.25, 0.3) is 11.3 Å². The predicted octanol–water partition coefficient (Wildman–Crippen LogP) is 2.89. The Hall–Kier alpha value is -2.71. The third kappa shape index (κ3) is 3.58. The summed E-state index contributed by atoms with van der Waals surface area (Å²) in [5, 5.41) is 0.0648. The van der Waals surface area contributed by atoms with E-state index in [-0.39, 0.29) is 10.9 Å². The van der Waals surface area contributed by atoms with E-state index in [1.165, 1.54) is 10.7 Å². The van der Waals surface area contributed by atoms with Gasteiger partial charge in [0, 0.05) is 30.3 Å². The van der Waals surface area contributed by atoms with Crippen molar-refractivity contribution in [1.29, 1.82) is 0 Å². The number of oxazole rings is 1. The Labute approximate surface area is 157 Å². The Balaban J connectivity index is 1.54. The summed E-state index contributed by atoms with van der Waals surface area (Å²) in [4.78, 5) is 8.33. The number of hydrogen-bond donors (Lipinski definition) is 1. The van der Waals surface area contributed by atoms with Gasteiger partial charge in [-0.1, -0.05) is 18.2 Å². The van der Waals surface area contributed by atoms with Crippen molar-refractivity contribution in [3.05, 3.63) is 60.8 Å². The molecule has 3 heterocycles. The topological polar surface area (TPSA) is 102 Å². The van der Waals surface area contributed by atoms with Gasteiger partial charge in [0.1, 0.15) is 5.76 Å². The molecule has 1 aliphatic heterocycles. The number of aromatic nitrogens is 2. The van der Waals surface area contributed by atoms with E-state index in [0.717, 1.165) is 11.3 Å². The number of nitrogens with two attached hydrogens (primary N) is 1. The molecule has 2 N–H and O–H groups in total. The summed E-state index contributed by atoms with van der Waals surface area (Å²) >= 11 is 0. The van der Waals surface area contributed by atoms with Crippen molar-refractivity contribution in [2.75, 3.05) is 18.8 Å². The van der Waals surface area contributed by atoms with Gasteiger partial charge in [-0.3, -0.25) is 0 Å². The number of nitrogens with zero attached hydrogens (tertiary/aromatic N) is 3. The quantitative estimate of drug-likeness (QED) is 0.694. The van der Waals surface area contributed by atoms with E-state index in [1.54, 1.807) is 36.5 Å². The molecule has 0 bridgehead atoms. The molecular weight excluding hydrogens is 364 g/mol. The van der Waals surface area contributed by atoms with E-state index in [4.69, 9.17) is 10.2 Å². The van der Waals surface area contributed by atoms with Crippen molar-refractivity contribution >= 4 is 15.7 Å². The Morgan fingerprint density at radius 1 is 1.07 bits per heavy atom. The van der Waals surface area contributed by atoms with Crippen molar-refractivity contribution in [1.82, 2.24) is 14.3 Å². The van der Waals surface area contributed by atoms with Crippen LogP contribution < -0.4 is 5.73 Å². The zero-order chi connectivity index (χ0) is 18.9. The van der Waals surface area contributed by atoms with Crippen molar-refractivity contribution in [3.63, 3.8) is 0 Å². The summed E-state index contributed by atoms with van der Waals surface area (Å²) in [6.45, 7) is 0.864. The summed E-state index contributed by atoms with van der Waals surface area (Å²) in [5.74, 6) is 1.02. The first-order valence-electron chi connectivity index (χ1n) is 8.75. The fraction of sp³-hybridized carbons (Fsp3) is 0.263. The molecule has 0 radical (unpaired) electrons. The second kappa shape index (κ2) is 7.13. The second-order valence-electron chi connectivity index (χ2n) is 6.57. The normalized spacial score (nSPS) is 16.4. The molecule has 0 unspecified atom stereocenters. The Bertz CT molecular complexity index is 1010. The lowest BCUT2D eigenvalue weighted by molar-refractivity contribution is 0.295. The van der Waals surface area contributed by atoms with Crippen molar-refractivity contribution in [3.8, 4) is 11.3 Å². The van der Waals surface area contributed by atoms with E-state index < -0.39 is 10.0 Å². The Kier molecular flexibility index (Phi) is 4.67. The van der Waals surface area contributed by atoms with E-state index in [9.17, 15) is 8.42 Å². The van der Waals surface area contributed by atoms with Crippen molar-refractivity contribution in [2.24, 2.45) is 0 Å². The Morgan fingerprint density at radius 3 is 2.48 bits per heavy atom. The maximum Gasteiger partial charge on any atom is 0.260 e. The molecule has 3 aromatic rings. The van der Waals surface area contributed by atoms with Crippen LogP contribution in [0.2, 0.25) is 0 Å². The van der Waals surface area contributed by atoms with Crippen LogP contribution in [0.15, 0.2) is 64.5 Å². The van der Waals surface area contributed by atoms with Crippen LogP contribution in [0.5, 0.6) is 0 Å². The van der Waals surface area contributed by atoms with Crippen LogP contribution >= 0.6 is 0 Å². The van der Waals surface area contributed by atoms with Gasteiger partial charge in [0.15, 0.2) is 11.4 Å². The number of benzene rings is 1. The van der Waals surface area contributed by atoms with Gasteiger partial charge in [-0.25, -0.2) is 18.4 Å². The smallest absolute Gasteiger partial charge is 0.260 e. The summed E-state index contributed by atoms with van der Waals surface area (Å²) in [7, 11) is -3.64. The van der Waals surface area contributed by atoms with Crippen LogP contribution in [-0.2, 0) is 10.0 Å². The molecule has 0 atom stereocenters. The van der Waals surface area contributed by atoms with Crippen LogP contribution in [0.4, 0.5) is 5.69 Å². The molecule has 140 valence electrons. The molecule has 1 fully saturated rings. The standard InChI is InChI=1S/C19H20N4O3S/c20-16-6-4-14(5-7-16)17-2-1-3-19(22-17)27(24,25)23-10-8-15(9-11-23)18-12-21-13-26-18/h1-7,12-13,15H,8-11,20H2. The average Bonchev–Trinajstić information content (AvgIpc) is 3.24. The van der Waals surface area contributed by atoms with Crippen LogP contribution in [0.3, 0.4) is 0 Å². The van der Waals surface area contributed by atoms with Gasteiger partial charge >= 0.3 is 0 Å². The van der Waals surface area contributed by atoms with Crippen LogP contribution in [-0.4, -0.2) is 35.8 Å². The Morgan fingerprint density at radius 2 is 1.81 bits per heavy atom. The van der Waals surface area contributed by atoms with Crippen molar-refractivity contribution in [2.45, 2.75) is 23.8 Å². The number of sulfonamides is 1. The minimum Gasteiger partial charge on any atom is -0.448 e. The van der Waals surface area contributed by atoms with Crippen molar-refractivity contribution < 1.29 is 12.8 Å². The number of pyridine rings is 1. The number of nitrogen functional groups attached to an aromatic ring is 1. The summed E-state index contributed by atoms with van der Waals surface area (Å²) in [6, 6.07) is 12.2. The summed E-state index contributed by atoms with van der Waals surface area (Å²) in [5.41, 5.74) is 7.79. The first-order chi connectivity index (χ1) is 13.0. The largest absolute Gasteiger partial charge is 0.448 e. The minimum absolute atomic E-state index is 0.0648. The molecule has 4 rings (SSSR count). The monoisotopic (exact) mass is 384 g/mol. The molecule has 0 aliphatic carbocycles. The van der Waals surface area contributed by atoms with E-state index in [0.29, 0.717) is 37.3 Å². The van der Waals surface area contributed by atoms with Gasteiger partial charge in [0.2, 0.25) is 0 Å². The maximum absolute atomic E-state index is 13.0. The highest BCUT2D eigenvalue weighted by atomic mass is 32.2. The SMILES string of the molecule is Nc1ccc(-c2cccc(S(=O)(=O)N3CCC(c4cnco4)CC3)n2)cc1. The molecule has 1 aliphatic rings. The zero-order valence-corrected chi connectivity index (χ0v) is 15.5. The average molecular weight is 384 g/mol. The first kappa shape index (κ1) is 17.7. The van der Waals surface area contributed by atoms with E-state index in [1.807, 2.05) is 12.1 Å². The van der Waals surface area contributed by atoms with Crippen LogP contribution in [0.1, 0.15) is 24.5 Å². The zero-order valence-electron chi connectivity index (χ0n) is 14.7. The number of rotatable bonds is 4. The highest BCUT2D eigenvalue weighted by Gasteiger charge is 2.32. The van der Waals surface area contributed by atoms with Gasteiger partial charge in [0.05, 0.1) is 11.9 Å². The highest BCUT2D eigenvalue weighted by molar-refractivity contribution is 7.89. The third-order valence-corrected chi connectivity index (χ3v) is 6.64. The molecule has 1 saturated heterocycles. The lowest BCUT2D eigenvalue weighted by atomic mass is 9.96. The molecule has 0 saturated carbocycles. The van der Waals surface area contributed by atoms with Gasteiger partial charge in [-0.05, 0) is 37.1 Å². The fourth-order valence-electron chi connectivity index (χ4n) is 3.31. The van der Waals surface area contributed by atoms with Gasteiger partial charge in [0.25, 0.3) is 10.0 Å². The molecule has 8 heteroatoms.